The predicted molar refractivity (Wildman–Crippen MR) is 91.2 cm³/mol. The van der Waals surface area contributed by atoms with Gasteiger partial charge in [-0.1, -0.05) is 11.6 Å². The summed E-state index contributed by atoms with van der Waals surface area (Å²) >= 11 is 6.05. The fourth-order valence-electron chi connectivity index (χ4n) is 2.08. The van der Waals surface area contributed by atoms with Crippen LogP contribution in [0.3, 0.4) is 0 Å². The van der Waals surface area contributed by atoms with E-state index < -0.39 is 0 Å². The van der Waals surface area contributed by atoms with E-state index in [2.05, 4.69) is 20.6 Å². The van der Waals surface area contributed by atoms with Crippen molar-refractivity contribution in [3.63, 3.8) is 0 Å². The maximum Gasteiger partial charge on any atom is 0.258 e. The molecule has 1 aromatic heterocycles. The first-order valence-corrected chi connectivity index (χ1v) is 7.80. The summed E-state index contributed by atoms with van der Waals surface area (Å²) in [5, 5.41) is 6.31. The third-order valence-corrected chi connectivity index (χ3v) is 3.84. The second-order valence-electron chi connectivity index (χ2n) is 5.36. The Bertz CT molecular complexity index is 748. The van der Waals surface area contributed by atoms with Gasteiger partial charge in [0, 0.05) is 30.6 Å². The molecule has 3 rings (SSSR count). The van der Waals surface area contributed by atoms with Crippen molar-refractivity contribution in [3.8, 4) is 11.5 Å². The first-order valence-electron chi connectivity index (χ1n) is 7.42. The number of carbonyl (C=O) groups excluding carboxylic acids is 1. The van der Waals surface area contributed by atoms with Crippen LogP contribution in [0.25, 0.3) is 0 Å². The van der Waals surface area contributed by atoms with Gasteiger partial charge in [0.2, 0.25) is 5.95 Å². The van der Waals surface area contributed by atoms with Gasteiger partial charge in [-0.05, 0) is 12.8 Å². The number of anilines is 2. The van der Waals surface area contributed by atoms with Crippen LogP contribution in [0, 0.1) is 0 Å². The van der Waals surface area contributed by atoms with Crippen LogP contribution in [-0.4, -0.2) is 36.1 Å². The Labute approximate surface area is 144 Å². The molecule has 0 saturated heterocycles. The number of amides is 1. The van der Waals surface area contributed by atoms with Crippen molar-refractivity contribution in [1.29, 1.82) is 0 Å². The zero-order chi connectivity index (χ0) is 17.1. The van der Waals surface area contributed by atoms with Crippen molar-refractivity contribution < 1.29 is 14.3 Å². The van der Waals surface area contributed by atoms with Gasteiger partial charge in [-0.2, -0.15) is 0 Å². The average molecular weight is 349 g/mol. The first kappa shape index (κ1) is 16.3. The number of benzene rings is 1. The molecule has 8 heteroatoms. The number of nitrogens with one attached hydrogen (secondary N) is 2. The minimum Gasteiger partial charge on any atom is -0.495 e. The molecule has 1 aromatic carbocycles. The highest BCUT2D eigenvalue weighted by Crippen LogP contribution is 2.36. The van der Waals surface area contributed by atoms with Gasteiger partial charge in [0.05, 0.1) is 30.5 Å². The summed E-state index contributed by atoms with van der Waals surface area (Å²) in [4.78, 5) is 20.7. The molecule has 126 valence electrons. The molecule has 1 aliphatic carbocycles. The van der Waals surface area contributed by atoms with Crippen LogP contribution in [0.1, 0.15) is 23.2 Å². The maximum absolute atomic E-state index is 12.4. The van der Waals surface area contributed by atoms with Crippen molar-refractivity contribution >= 4 is 29.1 Å². The summed E-state index contributed by atoms with van der Waals surface area (Å²) in [6.07, 6.45) is 5.22. The molecule has 1 fully saturated rings. The minimum absolute atomic E-state index is 0.340. The van der Waals surface area contributed by atoms with Gasteiger partial charge in [-0.15, -0.1) is 0 Å². The monoisotopic (exact) mass is 348 g/mol. The van der Waals surface area contributed by atoms with Crippen LogP contribution in [0.4, 0.5) is 11.6 Å². The number of ether oxygens (including phenoxy) is 2. The van der Waals surface area contributed by atoms with Crippen LogP contribution in [0.2, 0.25) is 5.02 Å². The topological polar surface area (TPSA) is 85.4 Å². The molecular weight excluding hydrogens is 332 g/mol. The summed E-state index contributed by atoms with van der Waals surface area (Å²) in [6, 6.07) is 3.63. The molecule has 0 aliphatic heterocycles. The van der Waals surface area contributed by atoms with Crippen LogP contribution < -0.4 is 20.1 Å². The number of aromatic nitrogens is 2. The largest absolute Gasteiger partial charge is 0.495 e. The molecule has 0 unspecified atom stereocenters. The van der Waals surface area contributed by atoms with Gasteiger partial charge in [-0.25, -0.2) is 9.97 Å². The highest BCUT2D eigenvalue weighted by molar-refractivity contribution is 6.32. The molecule has 1 saturated carbocycles. The van der Waals surface area contributed by atoms with E-state index in [1.54, 1.807) is 12.1 Å². The lowest BCUT2D eigenvalue weighted by molar-refractivity contribution is 0.102. The normalized spacial score (nSPS) is 13.3. The van der Waals surface area contributed by atoms with Gasteiger partial charge < -0.3 is 20.1 Å². The zero-order valence-electron chi connectivity index (χ0n) is 13.3. The Balaban J connectivity index is 1.76. The van der Waals surface area contributed by atoms with E-state index in [-0.39, 0.29) is 5.91 Å². The molecule has 24 heavy (non-hydrogen) atoms. The maximum atomic E-state index is 12.4. The molecule has 1 heterocycles. The molecule has 1 amide bonds. The molecule has 7 nitrogen and oxygen atoms in total. The Kier molecular flexibility index (Phi) is 4.71. The average Bonchev–Trinajstić information content (AvgIpc) is 3.40. The summed E-state index contributed by atoms with van der Waals surface area (Å²) in [5.41, 5.74) is 0.788. The van der Waals surface area contributed by atoms with Crippen molar-refractivity contribution in [3.05, 3.63) is 35.1 Å². The third kappa shape index (κ3) is 3.68. The van der Waals surface area contributed by atoms with E-state index >= 15 is 0 Å². The molecule has 0 radical (unpaired) electrons. The lowest BCUT2D eigenvalue weighted by atomic mass is 10.2. The lowest BCUT2D eigenvalue weighted by Crippen LogP contribution is -2.14. The standard InChI is InChI=1S/C16H17ClN4O3/c1-23-13-6-12(14(24-2)5-11(13)17)21-15(22)9-7-18-16(19-8-9)20-10-3-4-10/h5-8,10H,3-4H2,1-2H3,(H,21,22)(H,18,19,20). The van der Waals surface area contributed by atoms with Gasteiger partial charge in [0.15, 0.2) is 0 Å². The quantitative estimate of drug-likeness (QED) is 0.834. The fraction of sp³-hybridized carbons (Fsp3) is 0.312. The number of carbonyl (C=O) groups is 1. The van der Waals surface area contributed by atoms with Crippen LogP contribution in [0.5, 0.6) is 11.5 Å². The van der Waals surface area contributed by atoms with Crippen LogP contribution >= 0.6 is 11.6 Å². The Hall–Kier alpha value is -2.54. The molecular formula is C16H17ClN4O3. The first-order chi connectivity index (χ1) is 11.6. The number of methoxy groups -OCH3 is 2. The van der Waals surface area contributed by atoms with E-state index in [4.69, 9.17) is 21.1 Å². The highest BCUT2D eigenvalue weighted by atomic mass is 35.5. The van der Waals surface area contributed by atoms with Crippen molar-refractivity contribution in [1.82, 2.24) is 9.97 Å². The van der Waals surface area contributed by atoms with E-state index in [0.717, 1.165) is 12.8 Å². The molecule has 0 atom stereocenters. The molecule has 1 aliphatic rings. The summed E-state index contributed by atoms with van der Waals surface area (Å²) < 4.78 is 10.4. The van der Waals surface area contributed by atoms with Crippen molar-refractivity contribution in [2.45, 2.75) is 18.9 Å². The Morgan fingerprint density at radius 3 is 2.42 bits per heavy atom. The Morgan fingerprint density at radius 1 is 1.17 bits per heavy atom. The molecule has 2 N–H and O–H groups in total. The molecule has 0 spiro atoms. The third-order valence-electron chi connectivity index (χ3n) is 3.55. The van der Waals surface area contributed by atoms with E-state index in [9.17, 15) is 4.79 Å². The number of halogens is 1. The van der Waals surface area contributed by atoms with Crippen LogP contribution in [-0.2, 0) is 0 Å². The number of rotatable bonds is 6. The second kappa shape index (κ2) is 6.92. The molecule has 2 aromatic rings. The van der Waals surface area contributed by atoms with Crippen molar-refractivity contribution in [2.75, 3.05) is 24.9 Å². The van der Waals surface area contributed by atoms with Crippen molar-refractivity contribution in [2.24, 2.45) is 0 Å². The highest BCUT2D eigenvalue weighted by Gasteiger charge is 2.22. The van der Waals surface area contributed by atoms with Gasteiger partial charge in [-0.3, -0.25) is 4.79 Å². The predicted octanol–water partition coefficient (Wildman–Crippen LogP) is 2.97. The lowest BCUT2D eigenvalue weighted by Gasteiger charge is -2.13. The minimum atomic E-state index is -0.351. The number of nitrogens with zero attached hydrogens (tertiary/aromatic N) is 2. The van der Waals surface area contributed by atoms with Crippen LogP contribution in [0.15, 0.2) is 24.5 Å². The summed E-state index contributed by atoms with van der Waals surface area (Å²) in [6.45, 7) is 0. The van der Waals surface area contributed by atoms with Gasteiger partial charge in [0.1, 0.15) is 11.5 Å². The summed E-state index contributed by atoms with van der Waals surface area (Å²) in [7, 11) is 2.99. The SMILES string of the molecule is COc1cc(NC(=O)c2cnc(NC3CC3)nc2)c(OC)cc1Cl. The number of hydrogen-bond donors (Lipinski definition) is 2. The second-order valence-corrected chi connectivity index (χ2v) is 5.76. The van der Waals surface area contributed by atoms with Gasteiger partial charge >= 0.3 is 0 Å². The smallest absolute Gasteiger partial charge is 0.258 e. The zero-order valence-corrected chi connectivity index (χ0v) is 14.1. The molecule has 0 bridgehead atoms. The number of hydrogen-bond acceptors (Lipinski definition) is 6. The van der Waals surface area contributed by atoms with Gasteiger partial charge in [0.25, 0.3) is 5.91 Å². The Morgan fingerprint density at radius 2 is 1.83 bits per heavy atom. The summed E-state index contributed by atoms with van der Waals surface area (Å²) in [5.74, 6) is 1.05. The van der Waals surface area contributed by atoms with E-state index in [1.807, 2.05) is 0 Å². The van der Waals surface area contributed by atoms with E-state index in [1.165, 1.54) is 26.6 Å². The van der Waals surface area contributed by atoms with E-state index in [0.29, 0.717) is 39.8 Å². The fourth-order valence-corrected chi connectivity index (χ4v) is 2.31.